The van der Waals surface area contributed by atoms with Crippen molar-refractivity contribution in [1.82, 2.24) is 14.9 Å². The molecule has 1 aromatic carbocycles. The summed E-state index contributed by atoms with van der Waals surface area (Å²) in [7, 11) is 2.05. The third-order valence-corrected chi connectivity index (χ3v) is 3.43. The van der Waals surface area contributed by atoms with Crippen molar-refractivity contribution < 1.29 is 9.90 Å². The molecular weight excluding hydrogens is 268 g/mol. The Morgan fingerprint density at radius 3 is 2.71 bits per heavy atom. The fourth-order valence-corrected chi connectivity index (χ4v) is 1.92. The summed E-state index contributed by atoms with van der Waals surface area (Å²) in [5, 5.41) is 13.1. The van der Waals surface area contributed by atoms with Gasteiger partial charge in [0.2, 0.25) is 5.82 Å². The summed E-state index contributed by atoms with van der Waals surface area (Å²) in [6.07, 6.45) is 0. The van der Waals surface area contributed by atoms with Crippen LogP contribution in [0, 0.1) is 0 Å². The second kappa shape index (κ2) is 6.49. The molecule has 0 spiro atoms. The van der Waals surface area contributed by atoms with E-state index in [4.69, 9.17) is 5.11 Å². The highest BCUT2D eigenvalue weighted by atomic mass is 16.4. The molecule has 0 bridgehead atoms. The first kappa shape index (κ1) is 15.2. The quantitative estimate of drug-likeness (QED) is 0.847. The van der Waals surface area contributed by atoms with E-state index in [1.54, 1.807) is 6.07 Å². The number of hydrogen-bond acceptors (Lipinski definition) is 5. The first-order chi connectivity index (χ1) is 9.99. The van der Waals surface area contributed by atoms with Crippen molar-refractivity contribution in [2.45, 2.75) is 19.9 Å². The van der Waals surface area contributed by atoms with Crippen LogP contribution >= 0.6 is 0 Å². The summed E-state index contributed by atoms with van der Waals surface area (Å²) >= 11 is 0. The molecule has 0 unspecified atom stereocenters. The molecule has 0 aliphatic heterocycles. The molecule has 0 radical (unpaired) electrons. The smallest absolute Gasteiger partial charge is 0.374 e. The van der Waals surface area contributed by atoms with Crippen LogP contribution < -0.4 is 5.32 Å². The Morgan fingerprint density at radius 1 is 1.33 bits per heavy atom. The van der Waals surface area contributed by atoms with Gasteiger partial charge in [-0.3, -0.25) is 0 Å². The number of benzene rings is 1. The molecule has 6 nitrogen and oxygen atoms in total. The monoisotopic (exact) mass is 288 g/mol. The number of aromatic nitrogens is 2. The van der Waals surface area contributed by atoms with Gasteiger partial charge in [0.05, 0.1) is 5.52 Å². The molecule has 0 fully saturated rings. The molecule has 2 rings (SSSR count). The number of carboxylic acids is 1. The van der Waals surface area contributed by atoms with Crippen LogP contribution in [0.25, 0.3) is 10.9 Å². The predicted molar refractivity (Wildman–Crippen MR) is 82.8 cm³/mol. The number of para-hydroxylation sites is 1. The maximum atomic E-state index is 11.1. The molecule has 1 heterocycles. The zero-order valence-electron chi connectivity index (χ0n) is 12.5. The number of carbonyl (C=O) groups is 1. The van der Waals surface area contributed by atoms with Crippen LogP contribution in [-0.2, 0) is 0 Å². The van der Waals surface area contributed by atoms with Gasteiger partial charge in [0.25, 0.3) is 0 Å². The number of fused-ring (bicyclic) bond motifs is 1. The predicted octanol–water partition coefficient (Wildman–Crippen LogP) is 2.08. The average Bonchev–Trinajstić information content (AvgIpc) is 2.46. The van der Waals surface area contributed by atoms with Gasteiger partial charge in [0.15, 0.2) is 0 Å². The van der Waals surface area contributed by atoms with Crippen LogP contribution in [0.2, 0.25) is 0 Å². The zero-order valence-corrected chi connectivity index (χ0v) is 12.5. The third kappa shape index (κ3) is 3.66. The number of hydrogen-bond donors (Lipinski definition) is 2. The van der Waals surface area contributed by atoms with Crippen LogP contribution in [0.15, 0.2) is 24.3 Å². The molecule has 1 aromatic heterocycles. The zero-order chi connectivity index (χ0) is 15.4. The fraction of sp³-hybridized carbons (Fsp3) is 0.400. The highest BCUT2D eigenvalue weighted by molar-refractivity contribution is 5.93. The fourth-order valence-electron chi connectivity index (χ4n) is 1.92. The molecule has 2 aromatic rings. The van der Waals surface area contributed by atoms with Gasteiger partial charge in [-0.15, -0.1) is 0 Å². The Hall–Kier alpha value is -2.21. The average molecular weight is 288 g/mol. The van der Waals surface area contributed by atoms with E-state index < -0.39 is 5.97 Å². The number of nitrogens with zero attached hydrogens (tertiary/aromatic N) is 3. The Balaban J connectivity index is 2.23. The van der Waals surface area contributed by atoms with Gasteiger partial charge in [-0.05, 0) is 33.0 Å². The molecule has 0 saturated carbocycles. The number of likely N-dealkylation sites (N-methyl/N-ethyl adjacent to an activating group) is 1. The number of aromatic carboxylic acids is 1. The second-order valence-electron chi connectivity index (χ2n) is 5.22. The standard InChI is InChI=1S/C15H20N4O2/c1-10(2)19(3)9-8-16-13-11-6-4-5-7-12(11)17-14(18-13)15(20)21/h4-7,10H,8-9H2,1-3H3,(H,20,21)(H,16,17,18). The molecule has 21 heavy (non-hydrogen) atoms. The summed E-state index contributed by atoms with van der Waals surface area (Å²) in [6.45, 7) is 5.79. The number of nitrogens with one attached hydrogen (secondary N) is 1. The first-order valence-corrected chi connectivity index (χ1v) is 6.93. The van der Waals surface area contributed by atoms with E-state index >= 15 is 0 Å². The summed E-state index contributed by atoms with van der Waals surface area (Å²) < 4.78 is 0. The maximum absolute atomic E-state index is 11.1. The van der Waals surface area contributed by atoms with Gasteiger partial charge in [0.1, 0.15) is 5.82 Å². The van der Waals surface area contributed by atoms with Crippen molar-refractivity contribution in [1.29, 1.82) is 0 Å². The number of anilines is 1. The minimum atomic E-state index is -1.12. The molecular formula is C15H20N4O2. The molecule has 112 valence electrons. The van der Waals surface area contributed by atoms with E-state index in [-0.39, 0.29) is 5.82 Å². The van der Waals surface area contributed by atoms with Crippen LogP contribution in [0.3, 0.4) is 0 Å². The van der Waals surface area contributed by atoms with Crippen molar-refractivity contribution in [3.8, 4) is 0 Å². The van der Waals surface area contributed by atoms with E-state index in [2.05, 4.69) is 34.0 Å². The lowest BCUT2D eigenvalue weighted by molar-refractivity contribution is 0.0684. The van der Waals surface area contributed by atoms with Gasteiger partial charge < -0.3 is 15.3 Å². The lowest BCUT2D eigenvalue weighted by Gasteiger charge is -2.21. The molecule has 2 N–H and O–H groups in total. The van der Waals surface area contributed by atoms with Crippen molar-refractivity contribution in [2.24, 2.45) is 0 Å². The Morgan fingerprint density at radius 2 is 2.05 bits per heavy atom. The van der Waals surface area contributed by atoms with E-state index in [0.29, 0.717) is 23.9 Å². The summed E-state index contributed by atoms with van der Waals surface area (Å²) in [6, 6.07) is 7.85. The van der Waals surface area contributed by atoms with Crippen LogP contribution in [0.1, 0.15) is 24.5 Å². The molecule has 0 atom stereocenters. The molecule has 0 aliphatic rings. The first-order valence-electron chi connectivity index (χ1n) is 6.93. The summed E-state index contributed by atoms with van der Waals surface area (Å²) in [5.74, 6) is -0.744. The van der Waals surface area contributed by atoms with Gasteiger partial charge >= 0.3 is 5.97 Å². The lowest BCUT2D eigenvalue weighted by atomic mass is 10.2. The second-order valence-corrected chi connectivity index (χ2v) is 5.22. The van der Waals surface area contributed by atoms with Crippen molar-refractivity contribution in [3.05, 3.63) is 30.1 Å². The largest absolute Gasteiger partial charge is 0.475 e. The van der Waals surface area contributed by atoms with E-state index in [0.717, 1.165) is 11.9 Å². The van der Waals surface area contributed by atoms with Crippen LogP contribution in [0.4, 0.5) is 5.82 Å². The Kier molecular flexibility index (Phi) is 4.70. The van der Waals surface area contributed by atoms with Crippen LogP contribution in [-0.4, -0.2) is 52.1 Å². The van der Waals surface area contributed by atoms with Crippen molar-refractivity contribution in [3.63, 3.8) is 0 Å². The van der Waals surface area contributed by atoms with Gasteiger partial charge in [-0.1, -0.05) is 12.1 Å². The van der Waals surface area contributed by atoms with Gasteiger partial charge in [-0.25, -0.2) is 14.8 Å². The van der Waals surface area contributed by atoms with Crippen molar-refractivity contribution >= 4 is 22.7 Å². The normalized spacial score (nSPS) is 11.3. The number of rotatable bonds is 6. The van der Waals surface area contributed by atoms with Gasteiger partial charge in [-0.2, -0.15) is 0 Å². The highest BCUT2D eigenvalue weighted by Crippen LogP contribution is 2.19. The van der Waals surface area contributed by atoms with Gasteiger partial charge in [0, 0.05) is 24.5 Å². The number of carboxylic acid groups (broad SMARTS) is 1. The summed E-state index contributed by atoms with van der Waals surface area (Å²) in [5.41, 5.74) is 0.629. The molecule has 6 heteroatoms. The molecule has 0 aliphatic carbocycles. The van der Waals surface area contributed by atoms with E-state index in [9.17, 15) is 4.79 Å². The topological polar surface area (TPSA) is 78.4 Å². The minimum absolute atomic E-state index is 0.187. The molecule has 0 saturated heterocycles. The third-order valence-electron chi connectivity index (χ3n) is 3.43. The van der Waals surface area contributed by atoms with E-state index in [1.807, 2.05) is 25.2 Å². The Bertz CT molecular complexity index is 643. The van der Waals surface area contributed by atoms with E-state index in [1.165, 1.54) is 0 Å². The van der Waals surface area contributed by atoms with Crippen LogP contribution in [0.5, 0.6) is 0 Å². The minimum Gasteiger partial charge on any atom is -0.475 e. The maximum Gasteiger partial charge on any atom is 0.374 e. The SMILES string of the molecule is CC(C)N(C)CCNc1nc(C(=O)O)nc2ccccc12. The molecule has 0 amide bonds. The lowest BCUT2D eigenvalue weighted by Crippen LogP contribution is -2.31. The Labute approximate surface area is 123 Å². The summed E-state index contributed by atoms with van der Waals surface area (Å²) in [4.78, 5) is 21.5. The highest BCUT2D eigenvalue weighted by Gasteiger charge is 2.12. The van der Waals surface area contributed by atoms with Crippen molar-refractivity contribution in [2.75, 3.05) is 25.5 Å².